The van der Waals surface area contributed by atoms with E-state index in [1.54, 1.807) is 17.1 Å². The van der Waals surface area contributed by atoms with Gasteiger partial charge in [-0.2, -0.15) is 10.2 Å². The van der Waals surface area contributed by atoms with E-state index in [4.69, 9.17) is 4.74 Å². The lowest BCUT2D eigenvalue weighted by Gasteiger charge is -2.21. The van der Waals surface area contributed by atoms with Gasteiger partial charge in [0.15, 0.2) is 0 Å². The molecule has 0 saturated heterocycles. The number of nitrogens with zero attached hydrogens (tertiary/aromatic N) is 4. The third kappa shape index (κ3) is 2.96. The minimum Gasteiger partial charge on any atom is -0.457 e. The molecule has 0 radical (unpaired) electrons. The number of carbonyl (C=O) groups is 1. The first-order valence-corrected chi connectivity index (χ1v) is 9.14. The van der Waals surface area contributed by atoms with Crippen LogP contribution in [0.5, 0.6) is 0 Å². The van der Waals surface area contributed by atoms with Crippen molar-refractivity contribution in [1.29, 1.82) is 0 Å². The quantitative estimate of drug-likeness (QED) is 0.677. The predicted octanol–water partition coefficient (Wildman–Crippen LogP) is 3.69. The Bertz CT molecular complexity index is 857. The summed E-state index contributed by atoms with van der Waals surface area (Å²) in [4.78, 5) is 13.8. The van der Waals surface area contributed by atoms with Gasteiger partial charge in [0.25, 0.3) is 0 Å². The van der Waals surface area contributed by atoms with Crippen LogP contribution in [0.2, 0.25) is 0 Å². The van der Waals surface area contributed by atoms with Crippen molar-refractivity contribution in [2.24, 2.45) is 7.05 Å². The van der Waals surface area contributed by atoms with E-state index in [-0.39, 0.29) is 12.6 Å². The highest BCUT2D eigenvalue weighted by molar-refractivity contribution is 7.20. The maximum Gasteiger partial charge on any atom is 0.348 e. The highest BCUT2D eigenvalue weighted by atomic mass is 32.1. The molecule has 3 aromatic heterocycles. The number of carbonyl (C=O) groups excluding carboxylic acids is 1. The lowest BCUT2D eigenvalue weighted by molar-refractivity contribution is 0.0478. The number of ether oxygens (including phenoxy) is 1. The first kappa shape index (κ1) is 15.4. The van der Waals surface area contributed by atoms with Gasteiger partial charge in [0.05, 0.1) is 18.4 Å². The molecule has 0 aromatic carbocycles. The summed E-state index contributed by atoms with van der Waals surface area (Å²) in [6.45, 7) is 0.262. The molecule has 1 aliphatic rings. The monoisotopic (exact) mass is 344 g/mol. The van der Waals surface area contributed by atoms with Crippen LogP contribution in [-0.2, 0) is 18.4 Å². The fourth-order valence-corrected chi connectivity index (χ4v) is 4.21. The second-order valence-corrected chi connectivity index (χ2v) is 7.37. The second-order valence-electron chi connectivity index (χ2n) is 6.34. The molecule has 126 valence electrons. The molecule has 0 amide bonds. The summed E-state index contributed by atoms with van der Waals surface area (Å²) in [6.07, 6.45) is 11.8. The van der Waals surface area contributed by atoms with E-state index in [1.165, 1.54) is 43.4 Å². The van der Waals surface area contributed by atoms with Crippen molar-refractivity contribution >= 4 is 27.5 Å². The van der Waals surface area contributed by atoms with E-state index in [1.807, 2.05) is 24.0 Å². The summed E-state index contributed by atoms with van der Waals surface area (Å²) in [7, 11) is 1.87. The number of aryl methyl sites for hydroxylation is 1. The van der Waals surface area contributed by atoms with Crippen LogP contribution >= 0.6 is 11.3 Å². The van der Waals surface area contributed by atoms with Gasteiger partial charge in [0.1, 0.15) is 16.3 Å². The van der Waals surface area contributed by atoms with Crippen LogP contribution in [0, 0.1) is 0 Å². The van der Waals surface area contributed by atoms with Crippen LogP contribution in [0.4, 0.5) is 0 Å². The van der Waals surface area contributed by atoms with Crippen LogP contribution in [0.25, 0.3) is 10.2 Å². The SMILES string of the molecule is Cn1ncc2cc(C(=O)OCc3cnn(C4CCCCC4)c3)sc21. The average Bonchev–Trinajstić information content (AvgIpc) is 3.31. The Labute approximate surface area is 144 Å². The molecular weight excluding hydrogens is 324 g/mol. The fourth-order valence-electron chi connectivity index (χ4n) is 3.26. The average molecular weight is 344 g/mol. The maximum absolute atomic E-state index is 12.2. The second kappa shape index (κ2) is 6.39. The van der Waals surface area contributed by atoms with Gasteiger partial charge in [-0.15, -0.1) is 11.3 Å². The summed E-state index contributed by atoms with van der Waals surface area (Å²) in [5, 5.41) is 9.58. The highest BCUT2D eigenvalue weighted by Gasteiger charge is 2.17. The third-order valence-corrected chi connectivity index (χ3v) is 5.78. The maximum atomic E-state index is 12.2. The van der Waals surface area contributed by atoms with Crippen molar-refractivity contribution in [1.82, 2.24) is 19.6 Å². The molecule has 6 nitrogen and oxygen atoms in total. The molecule has 7 heteroatoms. The standard InChI is InChI=1S/C17H20N4O2S/c1-20-16-13(9-18-20)7-15(24-16)17(22)23-11-12-8-19-21(10-12)14-5-3-2-4-6-14/h7-10,14H,2-6,11H2,1H3. The summed E-state index contributed by atoms with van der Waals surface area (Å²) < 4.78 is 9.25. The van der Waals surface area contributed by atoms with Crippen LogP contribution in [0.15, 0.2) is 24.7 Å². The number of hydrogen-bond donors (Lipinski definition) is 0. The first-order valence-electron chi connectivity index (χ1n) is 8.32. The molecule has 0 unspecified atom stereocenters. The van der Waals surface area contributed by atoms with E-state index in [9.17, 15) is 4.79 Å². The summed E-state index contributed by atoms with van der Waals surface area (Å²) in [6, 6.07) is 2.33. The zero-order valence-electron chi connectivity index (χ0n) is 13.6. The minimum absolute atomic E-state index is 0.262. The van der Waals surface area contributed by atoms with Gasteiger partial charge in [-0.05, 0) is 18.9 Å². The largest absolute Gasteiger partial charge is 0.457 e. The van der Waals surface area contributed by atoms with Gasteiger partial charge < -0.3 is 4.74 Å². The van der Waals surface area contributed by atoms with Crippen molar-refractivity contribution in [3.05, 3.63) is 35.1 Å². The van der Waals surface area contributed by atoms with Crippen molar-refractivity contribution in [3.8, 4) is 0 Å². The van der Waals surface area contributed by atoms with Crippen molar-refractivity contribution < 1.29 is 9.53 Å². The minimum atomic E-state index is -0.290. The smallest absolute Gasteiger partial charge is 0.348 e. The summed E-state index contributed by atoms with van der Waals surface area (Å²) in [5.74, 6) is -0.290. The van der Waals surface area contributed by atoms with E-state index in [2.05, 4.69) is 10.2 Å². The normalized spacial score (nSPS) is 15.9. The number of thiophene rings is 1. The van der Waals surface area contributed by atoms with Crippen LogP contribution in [0.1, 0.15) is 53.4 Å². The molecule has 0 spiro atoms. The number of esters is 1. The lowest BCUT2D eigenvalue weighted by Crippen LogP contribution is -2.13. The molecule has 3 aromatic rings. The van der Waals surface area contributed by atoms with E-state index in [0.29, 0.717) is 10.9 Å². The predicted molar refractivity (Wildman–Crippen MR) is 92.1 cm³/mol. The Hall–Kier alpha value is -2.15. The van der Waals surface area contributed by atoms with Gasteiger partial charge >= 0.3 is 5.97 Å². The van der Waals surface area contributed by atoms with Crippen molar-refractivity contribution in [2.45, 2.75) is 44.8 Å². The molecule has 0 bridgehead atoms. The molecule has 1 saturated carbocycles. The molecule has 4 rings (SSSR count). The van der Waals surface area contributed by atoms with E-state index in [0.717, 1.165) is 15.8 Å². The molecule has 1 aliphatic carbocycles. The number of fused-ring (bicyclic) bond motifs is 1. The van der Waals surface area contributed by atoms with Crippen LogP contribution < -0.4 is 0 Å². The molecule has 0 atom stereocenters. The highest BCUT2D eigenvalue weighted by Crippen LogP contribution is 2.28. The molecular formula is C17H20N4O2S. The Balaban J connectivity index is 1.39. The van der Waals surface area contributed by atoms with Gasteiger partial charge in [-0.1, -0.05) is 19.3 Å². The Kier molecular flexibility index (Phi) is 4.10. The lowest BCUT2D eigenvalue weighted by atomic mass is 9.96. The van der Waals surface area contributed by atoms with Crippen molar-refractivity contribution in [2.75, 3.05) is 0 Å². The third-order valence-electron chi connectivity index (χ3n) is 4.58. The zero-order valence-corrected chi connectivity index (χ0v) is 14.5. The molecule has 1 fully saturated rings. The molecule has 24 heavy (non-hydrogen) atoms. The van der Waals surface area contributed by atoms with Gasteiger partial charge in [0, 0.05) is 24.2 Å². The summed E-state index contributed by atoms with van der Waals surface area (Å²) >= 11 is 1.41. The molecule has 3 heterocycles. The van der Waals surface area contributed by atoms with E-state index < -0.39 is 0 Å². The van der Waals surface area contributed by atoms with Gasteiger partial charge in [-0.25, -0.2) is 4.79 Å². The molecule has 0 aliphatic heterocycles. The summed E-state index contributed by atoms with van der Waals surface area (Å²) in [5.41, 5.74) is 0.941. The number of hydrogen-bond acceptors (Lipinski definition) is 5. The van der Waals surface area contributed by atoms with Crippen LogP contribution in [0.3, 0.4) is 0 Å². The topological polar surface area (TPSA) is 61.9 Å². The van der Waals surface area contributed by atoms with Crippen molar-refractivity contribution in [3.63, 3.8) is 0 Å². The first-order chi connectivity index (χ1) is 11.7. The van der Waals surface area contributed by atoms with E-state index >= 15 is 0 Å². The molecule has 0 N–H and O–H groups in total. The Morgan fingerprint density at radius 1 is 1.29 bits per heavy atom. The zero-order chi connectivity index (χ0) is 16.5. The number of rotatable bonds is 4. The number of aromatic nitrogens is 4. The Morgan fingerprint density at radius 3 is 2.92 bits per heavy atom. The fraction of sp³-hybridized carbons (Fsp3) is 0.471. The van der Waals surface area contributed by atoms with Gasteiger partial charge in [-0.3, -0.25) is 9.36 Å². The Morgan fingerprint density at radius 2 is 2.12 bits per heavy atom. The van der Waals surface area contributed by atoms with Gasteiger partial charge in [0.2, 0.25) is 0 Å². The van der Waals surface area contributed by atoms with Crippen LogP contribution in [-0.4, -0.2) is 25.5 Å².